The first-order chi connectivity index (χ1) is 11.6. The molecule has 2 saturated carbocycles. The van der Waals surface area contributed by atoms with E-state index >= 15 is 0 Å². The van der Waals surface area contributed by atoms with E-state index in [9.17, 15) is 8.42 Å². The van der Waals surface area contributed by atoms with Gasteiger partial charge in [0.1, 0.15) is 10.7 Å². The fourth-order valence-electron chi connectivity index (χ4n) is 3.22. The van der Waals surface area contributed by atoms with E-state index < -0.39 is 10.0 Å². The zero-order valence-electron chi connectivity index (χ0n) is 13.8. The molecule has 2 atom stereocenters. The van der Waals surface area contributed by atoms with Gasteiger partial charge in [0.25, 0.3) is 0 Å². The van der Waals surface area contributed by atoms with E-state index in [0.29, 0.717) is 24.6 Å². The average Bonchev–Trinajstić information content (AvgIpc) is 3.48. The minimum absolute atomic E-state index is 0.233. The number of hydrogen-bond acceptors (Lipinski definition) is 5. The van der Waals surface area contributed by atoms with Gasteiger partial charge >= 0.3 is 0 Å². The predicted octanol–water partition coefficient (Wildman–Crippen LogP) is 2.14. The highest BCUT2D eigenvalue weighted by Crippen LogP contribution is 2.38. The molecule has 132 valence electrons. The normalized spacial score (nSPS) is 27.8. The van der Waals surface area contributed by atoms with Crippen molar-refractivity contribution >= 4 is 15.8 Å². The Bertz CT molecular complexity index is 669. The molecule has 7 heteroatoms. The Hall–Kier alpha value is -1.18. The van der Waals surface area contributed by atoms with Crippen LogP contribution in [0.3, 0.4) is 0 Å². The molecule has 0 amide bonds. The summed E-state index contributed by atoms with van der Waals surface area (Å²) in [5.74, 6) is 1.99. The van der Waals surface area contributed by atoms with E-state index in [-0.39, 0.29) is 4.90 Å². The van der Waals surface area contributed by atoms with E-state index in [4.69, 9.17) is 4.74 Å². The molecule has 24 heavy (non-hydrogen) atoms. The topological polar surface area (TPSA) is 80.3 Å². The van der Waals surface area contributed by atoms with E-state index in [1.54, 1.807) is 12.1 Å². The third-order valence-electron chi connectivity index (χ3n) is 5.12. The molecule has 0 bridgehead atoms. The van der Waals surface area contributed by atoms with Crippen molar-refractivity contribution in [1.29, 1.82) is 0 Å². The Morgan fingerprint density at radius 3 is 2.67 bits per heavy atom. The molecule has 2 aliphatic carbocycles. The first kappa shape index (κ1) is 16.3. The lowest BCUT2D eigenvalue weighted by molar-refractivity contribution is -0.00223. The summed E-state index contributed by atoms with van der Waals surface area (Å²) >= 11 is 0. The molecule has 6 nitrogen and oxygen atoms in total. The Morgan fingerprint density at radius 2 is 2.00 bits per heavy atom. The van der Waals surface area contributed by atoms with Crippen LogP contribution in [0.4, 0.5) is 5.82 Å². The molecule has 0 radical (unpaired) electrons. The fraction of sp³-hybridized carbons (Fsp3) is 0.706. The maximum atomic E-state index is 12.2. The number of aromatic nitrogens is 1. The predicted molar refractivity (Wildman–Crippen MR) is 91.3 cm³/mol. The van der Waals surface area contributed by atoms with Crippen LogP contribution in [-0.4, -0.2) is 38.7 Å². The minimum Gasteiger partial charge on any atom is -0.378 e. The molecular formula is C17H25N3O3S. The molecule has 2 unspecified atom stereocenters. The van der Waals surface area contributed by atoms with Gasteiger partial charge in [-0.2, -0.15) is 0 Å². The molecule has 0 aromatic carbocycles. The molecule has 1 aromatic heterocycles. The standard InChI is InChI=1S/C17H25N3O3S/c21-24(22,19-10-12-1-2-12)15-5-6-17(18-11-15)20-14-7-8-23-16(9-14)13-3-4-13/h5-6,11-14,16,19H,1-4,7-10H2,(H,18,20). The number of nitrogens with zero attached hydrogens (tertiary/aromatic N) is 1. The number of ether oxygens (including phenoxy) is 1. The summed E-state index contributed by atoms with van der Waals surface area (Å²) < 4.78 is 32.9. The molecule has 3 fully saturated rings. The van der Waals surface area contributed by atoms with Crippen molar-refractivity contribution in [3.05, 3.63) is 18.3 Å². The lowest BCUT2D eigenvalue weighted by Gasteiger charge is -2.30. The van der Waals surface area contributed by atoms with Gasteiger partial charge in [0.2, 0.25) is 10.0 Å². The molecule has 1 aromatic rings. The Kier molecular flexibility index (Phi) is 4.49. The van der Waals surface area contributed by atoms with Gasteiger partial charge in [0, 0.05) is 25.4 Å². The van der Waals surface area contributed by atoms with E-state index in [0.717, 1.165) is 44.0 Å². The second-order valence-electron chi connectivity index (χ2n) is 7.29. The summed E-state index contributed by atoms with van der Waals surface area (Å²) in [7, 11) is -3.44. The molecule has 1 saturated heterocycles. The number of sulfonamides is 1. The summed E-state index contributed by atoms with van der Waals surface area (Å²) in [6.45, 7) is 1.32. The lowest BCUT2D eigenvalue weighted by atomic mass is 10.00. The highest BCUT2D eigenvalue weighted by molar-refractivity contribution is 7.89. The number of anilines is 1. The molecule has 4 rings (SSSR count). The number of pyridine rings is 1. The lowest BCUT2D eigenvalue weighted by Crippen LogP contribution is -2.35. The quantitative estimate of drug-likeness (QED) is 0.787. The van der Waals surface area contributed by atoms with Crippen LogP contribution in [0.25, 0.3) is 0 Å². The molecule has 2 N–H and O–H groups in total. The van der Waals surface area contributed by atoms with Crippen LogP contribution >= 0.6 is 0 Å². The van der Waals surface area contributed by atoms with Crippen molar-refractivity contribution in [3.8, 4) is 0 Å². The maximum absolute atomic E-state index is 12.2. The third kappa shape index (κ3) is 4.07. The van der Waals surface area contributed by atoms with E-state index in [2.05, 4.69) is 15.0 Å². The van der Waals surface area contributed by atoms with Crippen LogP contribution in [0.5, 0.6) is 0 Å². The van der Waals surface area contributed by atoms with Gasteiger partial charge in [0.05, 0.1) is 6.10 Å². The SMILES string of the molecule is O=S(=O)(NCC1CC1)c1ccc(NC2CCOC(C3CC3)C2)nc1. The van der Waals surface area contributed by atoms with Crippen molar-refractivity contribution in [3.63, 3.8) is 0 Å². The summed E-state index contributed by atoms with van der Waals surface area (Å²) in [5.41, 5.74) is 0. The second kappa shape index (κ2) is 6.61. The van der Waals surface area contributed by atoms with Crippen molar-refractivity contribution in [2.75, 3.05) is 18.5 Å². The monoisotopic (exact) mass is 351 g/mol. The van der Waals surface area contributed by atoms with Gasteiger partial charge in [-0.1, -0.05) is 0 Å². The van der Waals surface area contributed by atoms with Gasteiger partial charge in [-0.15, -0.1) is 0 Å². The smallest absolute Gasteiger partial charge is 0.242 e. The van der Waals surface area contributed by atoms with Crippen LogP contribution in [-0.2, 0) is 14.8 Å². The van der Waals surface area contributed by atoms with Gasteiger partial charge in [-0.25, -0.2) is 18.1 Å². The second-order valence-corrected chi connectivity index (χ2v) is 9.05. The maximum Gasteiger partial charge on any atom is 0.242 e. The Labute approximate surface area is 143 Å². The van der Waals surface area contributed by atoms with Gasteiger partial charge in [0.15, 0.2) is 0 Å². The zero-order valence-corrected chi connectivity index (χ0v) is 14.6. The summed E-state index contributed by atoms with van der Waals surface area (Å²) in [4.78, 5) is 4.53. The van der Waals surface area contributed by atoms with E-state index in [1.165, 1.54) is 19.0 Å². The van der Waals surface area contributed by atoms with Crippen molar-refractivity contribution in [1.82, 2.24) is 9.71 Å². The van der Waals surface area contributed by atoms with E-state index in [1.807, 2.05) is 0 Å². The first-order valence-electron chi connectivity index (χ1n) is 8.94. The largest absolute Gasteiger partial charge is 0.378 e. The summed E-state index contributed by atoms with van der Waals surface area (Å²) in [5, 5.41) is 3.43. The van der Waals surface area contributed by atoms with Crippen molar-refractivity contribution < 1.29 is 13.2 Å². The first-order valence-corrected chi connectivity index (χ1v) is 10.4. The minimum atomic E-state index is -3.44. The Balaban J connectivity index is 1.34. The molecule has 3 aliphatic rings. The highest BCUT2D eigenvalue weighted by Gasteiger charge is 2.35. The number of rotatable bonds is 7. The van der Waals surface area contributed by atoms with Crippen LogP contribution in [0.1, 0.15) is 38.5 Å². The molecule has 0 spiro atoms. The average molecular weight is 351 g/mol. The Morgan fingerprint density at radius 1 is 1.17 bits per heavy atom. The van der Waals surface area contributed by atoms with Crippen LogP contribution in [0.2, 0.25) is 0 Å². The van der Waals surface area contributed by atoms with Gasteiger partial charge in [-0.05, 0) is 62.5 Å². The van der Waals surface area contributed by atoms with Crippen molar-refractivity contribution in [2.45, 2.75) is 55.6 Å². The van der Waals surface area contributed by atoms with Crippen LogP contribution in [0.15, 0.2) is 23.2 Å². The molecular weight excluding hydrogens is 326 g/mol. The highest BCUT2D eigenvalue weighted by atomic mass is 32.2. The summed E-state index contributed by atoms with van der Waals surface area (Å²) in [6, 6.07) is 3.74. The van der Waals surface area contributed by atoms with Gasteiger partial charge < -0.3 is 10.1 Å². The molecule has 2 heterocycles. The third-order valence-corrected chi connectivity index (χ3v) is 6.53. The zero-order chi connectivity index (χ0) is 16.6. The number of hydrogen-bond donors (Lipinski definition) is 2. The van der Waals surface area contributed by atoms with Crippen molar-refractivity contribution in [2.24, 2.45) is 11.8 Å². The molecule has 1 aliphatic heterocycles. The fourth-order valence-corrected chi connectivity index (χ4v) is 4.28. The van der Waals surface area contributed by atoms with Crippen LogP contribution < -0.4 is 10.0 Å². The van der Waals surface area contributed by atoms with Crippen LogP contribution in [0, 0.1) is 11.8 Å². The van der Waals surface area contributed by atoms with Gasteiger partial charge in [-0.3, -0.25) is 0 Å². The summed E-state index contributed by atoms with van der Waals surface area (Å²) in [6.07, 6.45) is 8.61. The number of nitrogens with one attached hydrogen (secondary N) is 2.